The molecule has 17 heavy (non-hydrogen) atoms. The molecule has 0 aromatic carbocycles. The Kier molecular flexibility index (Phi) is 8.03. The van der Waals surface area contributed by atoms with Crippen molar-refractivity contribution in [3.63, 3.8) is 0 Å². The summed E-state index contributed by atoms with van der Waals surface area (Å²) in [6, 6.07) is 0.232. The molecule has 0 bridgehead atoms. The summed E-state index contributed by atoms with van der Waals surface area (Å²) in [6.45, 7) is 5.41. The highest BCUT2D eigenvalue weighted by Gasteiger charge is 2.16. The van der Waals surface area contributed by atoms with E-state index in [-0.39, 0.29) is 18.6 Å². The van der Waals surface area contributed by atoms with Crippen molar-refractivity contribution in [3.8, 4) is 0 Å². The minimum Gasteiger partial charge on any atom is -0.395 e. The van der Waals surface area contributed by atoms with E-state index < -0.39 is 0 Å². The first-order valence-corrected chi connectivity index (χ1v) is 6.16. The molecule has 0 saturated heterocycles. The number of aliphatic hydroxyl groups is 1. The Labute approximate surface area is 109 Å². The van der Waals surface area contributed by atoms with E-state index in [9.17, 15) is 4.79 Å². The van der Waals surface area contributed by atoms with Gasteiger partial charge in [-0.1, -0.05) is 12.2 Å². The van der Waals surface area contributed by atoms with Gasteiger partial charge in [0, 0.05) is 32.6 Å². The number of hydrogen-bond acceptors (Lipinski definition) is 4. The number of carbonyl (C=O) groups is 1. The maximum absolute atomic E-state index is 11.9. The van der Waals surface area contributed by atoms with Crippen LogP contribution in [0.2, 0.25) is 0 Å². The Morgan fingerprint density at radius 1 is 1.41 bits per heavy atom. The van der Waals surface area contributed by atoms with Crippen molar-refractivity contribution in [2.24, 2.45) is 5.73 Å². The number of rotatable bonds is 8. The van der Waals surface area contributed by atoms with Crippen molar-refractivity contribution in [3.05, 3.63) is 0 Å². The van der Waals surface area contributed by atoms with E-state index in [0.29, 0.717) is 31.0 Å². The normalized spacial score (nSPS) is 10.9. The molecular weight excluding hydrogens is 238 g/mol. The van der Waals surface area contributed by atoms with E-state index in [1.165, 1.54) is 0 Å². The van der Waals surface area contributed by atoms with Gasteiger partial charge in [-0.3, -0.25) is 9.69 Å². The summed E-state index contributed by atoms with van der Waals surface area (Å²) in [6.07, 6.45) is 0.541. The van der Waals surface area contributed by atoms with Gasteiger partial charge in [0.15, 0.2) is 0 Å². The standard InChI is InChI=1S/C11H23N3O2S/c1-9(2)14(6-7-15)8-11(16)13(3)5-4-10(12)17/h9,15H,4-8H2,1-3H3,(H2,12,17). The summed E-state index contributed by atoms with van der Waals surface area (Å²) >= 11 is 4.77. The first-order valence-electron chi connectivity index (χ1n) is 5.75. The monoisotopic (exact) mass is 261 g/mol. The van der Waals surface area contributed by atoms with Gasteiger partial charge in [-0.25, -0.2) is 0 Å². The summed E-state index contributed by atoms with van der Waals surface area (Å²) in [5.74, 6) is 0.0170. The van der Waals surface area contributed by atoms with Crippen LogP contribution < -0.4 is 5.73 Å². The number of carbonyl (C=O) groups excluding carboxylic acids is 1. The topological polar surface area (TPSA) is 69.8 Å². The summed E-state index contributed by atoms with van der Waals surface area (Å²) < 4.78 is 0. The Morgan fingerprint density at radius 2 is 2.00 bits per heavy atom. The molecule has 0 saturated carbocycles. The van der Waals surface area contributed by atoms with Gasteiger partial charge in [-0.2, -0.15) is 0 Å². The SMILES string of the molecule is CC(C)N(CCO)CC(=O)N(C)CCC(N)=S. The van der Waals surface area contributed by atoms with E-state index in [1.807, 2.05) is 18.7 Å². The highest BCUT2D eigenvalue weighted by Crippen LogP contribution is 1.99. The maximum atomic E-state index is 11.9. The lowest BCUT2D eigenvalue weighted by molar-refractivity contribution is -0.131. The van der Waals surface area contributed by atoms with E-state index >= 15 is 0 Å². The zero-order valence-electron chi connectivity index (χ0n) is 10.8. The van der Waals surface area contributed by atoms with E-state index in [2.05, 4.69) is 0 Å². The molecule has 0 fully saturated rings. The van der Waals surface area contributed by atoms with Gasteiger partial charge in [0.25, 0.3) is 0 Å². The molecule has 0 aromatic rings. The molecule has 0 aliphatic heterocycles. The molecule has 0 radical (unpaired) electrons. The Balaban J connectivity index is 4.15. The van der Waals surface area contributed by atoms with Crippen LogP contribution in [0.25, 0.3) is 0 Å². The first kappa shape index (κ1) is 16.3. The molecule has 1 amide bonds. The second-order valence-electron chi connectivity index (χ2n) is 4.32. The summed E-state index contributed by atoms with van der Waals surface area (Å²) in [7, 11) is 1.73. The second-order valence-corrected chi connectivity index (χ2v) is 4.84. The van der Waals surface area contributed by atoms with Crippen LogP contribution in [-0.4, -0.2) is 65.1 Å². The predicted molar refractivity (Wildman–Crippen MR) is 72.8 cm³/mol. The average Bonchev–Trinajstić information content (AvgIpc) is 2.24. The van der Waals surface area contributed by atoms with Crippen molar-refractivity contribution < 1.29 is 9.90 Å². The third-order valence-electron chi connectivity index (χ3n) is 2.58. The minimum absolute atomic E-state index is 0.0170. The molecule has 0 rings (SSSR count). The van der Waals surface area contributed by atoms with Gasteiger partial charge >= 0.3 is 0 Å². The van der Waals surface area contributed by atoms with E-state index in [1.54, 1.807) is 11.9 Å². The molecule has 3 N–H and O–H groups in total. The molecule has 0 aliphatic rings. The quantitative estimate of drug-likeness (QED) is 0.593. The number of nitrogens with zero attached hydrogens (tertiary/aromatic N) is 2. The van der Waals surface area contributed by atoms with Crippen LogP contribution in [-0.2, 0) is 4.79 Å². The molecule has 0 spiro atoms. The van der Waals surface area contributed by atoms with E-state index in [0.717, 1.165) is 0 Å². The minimum atomic E-state index is 0.0170. The van der Waals surface area contributed by atoms with Gasteiger partial charge < -0.3 is 15.7 Å². The van der Waals surface area contributed by atoms with Crippen molar-refractivity contribution in [2.45, 2.75) is 26.3 Å². The third kappa shape index (κ3) is 7.25. The number of amides is 1. The lowest BCUT2D eigenvalue weighted by Crippen LogP contribution is -2.43. The molecule has 0 aromatic heterocycles. The van der Waals surface area contributed by atoms with Crippen LogP contribution in [0.4, 0.5) is 0 Å². The fourth-order valence-electron chi connectivity index (χ4n) is 1.35. The molecule has 0 aliphatic carbocycles. The van der Waals surface area contributed by atoms with Crippen molar-refractivity contribution in [1.82, 2.24) is 9.80 Å². The zero-order chi connectivity index (χ0) is 13.4. The summed E-state index contributed by atoms with van der Waals surface area (Å²) in [5, 5.41) is 8.91. The maximum Gasteiger partial charge on any atom is 0.236 e. The molecular formula is C11H23N3O2S. The van der Waals surface area contributed by atoms with E-state index in [4.69, 9.17) is 23.1 Å². The number of hydrogen-bond donors (Lipinski definition) is 2. The summed E-state index contributed by atoms with van der Waals surface area (Å²) in [4.78, 5) is 15.8. The fourth-order valence-corrected chi connectivity index (χ4v) is 1.44. The average molecular weight is 261 g/mol. The zero-order valence-corrected chi connectivity index (χ0v) is 11.7. The van der Waals surface area contributed by atoms with Crippen LogP contribution in [0, 0.1) is 0 Å². The van der Waals surface area contributed by atoms with Gasteiger partial charge in [0.05, 0.1) is 18.1 Å². The molecule has 0 atom stereocenters. The number of likely N-dealkylation sites (N-methyl/N-ethyl adjacent to an activating group) is 1. The van der Waals surface area contributed by atoms with Crippen LogP contribution >= 0.6 is 12.2 Å². The number of thiocarbonyl (C=S) groups is 1. The highest BCUT2D eigenvalue weighted by molar-refractivity contribution is 7.80. The lowest BCUT2D eigenvalue weighted by atomic mass is 10.3. The van der Waals surface area contributed by atoms with Gasteiger partial charge in [0.1, 0.15) is 0 Å². The van der Waals surface area contributed by atoms with Crippen LogP contribution in [0.3, 0.4) is 0 Å². The Bertz CT molecular complexity index is 259. The van der Waals surface area contributed by atoms with Gasteiger partial charge in [-0.15, -0.1) is 0 Å². The first-order chi connectivity index (χ1) is 7.88. The van der Waals surface area contributed by atoms with Crippen molar-refractivity contribution in [2.75, 3.05) is 33.3 Å². The van der Waals surface area contributed by atoms with Crippen molar-refractivity contribution in [1.29, 1.82) is 0 Å². The molecule has 0 heterocycles. The number of nitrogens with two attached hydrogens (primary N) is 1. The van der Waals surface area contributed by atoms with Crippen LogP contribution in [0.15, 0.2) is 0 Å². The second kappa shape index (κ2) is 8.38. The Morgan fingerprint density at radius 3 is 2.41 bits per heavy atom. The van der Waals surface area contributed by atoms with Crippen molar-refractivity contribution >= 4 is 23.1 Å². The van der Waals surface area contributed by atoms with Gasteiger partial charge in [-0.05, 0) is 13.8 Å². The molecule has 6 heteroatoms. The Hall–Kier alpha value is -0.720. The third-order valence-corrected chi connectivity index (χ3v) is 2.78. The lowest BCUT2D eigenvalue weighted by Gasteiger charge is -2.27. The largest absolute Gasteiger partial charge is 0.395 e. The van der Waals surface area contributed by atoms with Gasteiger partial charge in [0.2, 0.25) is 5.91 Å². The molecule has 0 unspecified atom stereocenters. The highest BCUT2D eigenvalue weighted by atomic mass is 32.1. The van der Waals surface area contributed by atoms with Crippen LogP contribution in [0.1, 0.15) is 20.3 Å². The van der Waals surface area contributed by atoms with Crippen LogP contribution in [0.5, 0.6) is 0 Å². The molecule has 5 nitrogen and oxygen atoms in total. The predicted octanol–water partition coefficient (Wildman–Crippen LogP) is -0.176. The molecule has 100 valence electrons. The number of aliphatic hydroxyl groups excluding tert-OH is 1. The summed E-state index contributed by atoms with van der Waals surface area (Å²) in [5.41, 5.74) is 5.39. The fraction of sp³-hybridized carbons (Fsp3) is 0.818. The smallest absolute Gasteiger partial charge is 0.236 e.